The Balaban J connectivity index is 4.23. The van der Waals surface area contributed by atoms with Crippen molar-refractivity contribution >= 4 is 13.8 Å². The number of allylic oxidation sites excluding steroid dienone is 3. The molecule has 9 heteroatoms. The van der Waals surface area contributed by atoms with Gasteiger partial charge in [0.2, 0.25) is 0 Å². The molecule has 0 radical (unpaired) electrons. The molecule has 0 fully saturated rings. The molecule has 55 heavy (non-hydrogen) atoms. The van der Waals surface area contributed by atoms with Crippen molar-refractivity contribution in [2.75, 3.05) is 47.5 Å². The highest BCUT2D eigenvalue weighted by Gasteiger charge is 2.25. The summed E-state index contributed by atoms with van der Waals surface area (Å²) < 4.78 is 34.8. The Labute approximate surface area is 341 Å². The Kier molecular flexibility index (Phi) is 38.8. The Hall–Kier alpha value is -1.18. The fourth-order valence-corrected chi connectivity index (χ4v) is 7.16. The molecule has 0 rings (SSSR count). The summed E-state index contributed by atoms with van der Waals surface area (Å²) in [5, 5.41) is 0. The van der Waals surface area contributed by atoms with Gasteiger partial charge in [-0.1, -0.05) is 174 Å². The lowest BCUT2D eigenvalue weighted by atomic mass is 10.0. The maximum atomic E-state index is 12.5. The van der Waals surface area contributed by atoms with E-state index in [0.29, 0.717) is 17.4 Å². The van der Waals surface area contributed by atoms with E-state index in [9.17, 15) is 14.3 Å². The molecule has 326 valence electrons. The van der Waals surface area contributed by atoms with E-state index in [1.54, 1.807) is 6.26 Å². The standard InChI is InChI=1S/C46H90NO7P/c1-6-8-10-12-14-16-18-20-22-24-25-27-29-31-33-35-37-39-46(48)52-43-45(44-54-55(49,50)53-42-40-47(3,4)5)51-41-38-36-34-32-30-28-26-23-21-19-17-15-13-11-9-7-2/h17,19,38,41,45H,6-16,18,20-37,39-40,42-44H2,1-5H3/p+1/b19-17-,41-38-. The molecule has 0 amide bonds. The number of phosphoric acid groups is 1. The molecule has 2 unspecified atom stereocenters. The van der Waals surface area contributed by atoms with Gasteiger partial charge < -0.3 is 18.9 Å². The van der Waals surface area contributed by atoms with Gasteiger partial charge in [0, 0.05) is 6.42 Å². The van der Waals surface area contributed by atoms with Gasteiger partial charge in [0.1, 0.15) is 19.8 Å². The van der Waals surface area contributed by atoms with Gasteiger partial charge in [-0.3, -0.25) is 13.8 Å². The van der Waals surface area contributed by atoms with Crippen molar-refractivity contribution in [3.63, 3.8) is 0 Å². The third-order valence-electron chi connectivity index (χ3n) is 10.1. The predicted octanol–water partition coefficient (Wildman–Crippen LogP) is 14.0. The van der Waals surface area contributed by atoms with Crippen LogP contribution in [0, 0.1) is 0 Å². The van der Waals surface area contributed by atoms with Crippen LogP contribution in [0.3, 0.4) is 0 Å². The summed E-state index contributed by atoms with van der Waals surface area (Å²) in [6.07, 6.45) is 46.0. The molecule has 0 bridgehead atoms. The first-order chi connectivity index (χ1) is 26.6. The van der Waals surface area contributed by atoms with Crippen LogP contribution in [0.1, 0.15) is 213 Å². The molecule has 0 spiro atoms. The third-order valence-corrected chi connectivity index (χ3v) is 11.1. The zero-order valence-corrected chi connectivity index (χ0v) is 37.8. The summed E-state index contributed by atoms with van der Waals surface area (Å²) in [5.74, 6) is -0.275. The monoisotopic (exact) mass is 801 g/mol. The summed E-state index contributed by atoms with van der Waals surface area (Å²) in [5.41, 5.74) is 0. The third kappa shape index (κ3) is 43.8. The van der Waals surface area contributed by atoms with E-state index in [-0.39, 0.29) is 25.8 Å². The average molecular weight is 801 g/mol. The minimum Gasteiger partial charge on any atom is -0.492 e. The molecule has 2 atom stereocenters. The fraction of sp³-hybridized carbons (Fsp3) is 0.891. The summed E-state index contributed by atoms with van der Waals surface area (Å²) in [4.78, 5) is 22.7. The Morgan fingerprint density at radius 2 is 0.964 bits per heavy atom. The molecule has 0 aromatic heterocycles. The minimum absolute atomic E-state index is 0.0466. The van der Waals surface area contributed by atoms with Crippen LogP contribution in [0.5, 0.6) is 0 Å². The SMILES string of the molecule is CCCCCC/C=C\CCCCCCCC/C=C\OC(COC(=O)CCCCCCCCCCCCCCCCCCC)COP(=O)(O)OCC[N+](C)(C)C. The molecule has 0 aliphatic carbocycles. The second kappa shape index (κ2) is 39.6. The first-order valence-electron chi connectivity index (χ1n) is 23.1. The van der Waals surface area contributed by atoms with Gasteiger partial charge in [-0.15, -0.1) is 0 Å². The summed E-state index contributed by atoms with van der Waals surface area (Å²) in [6.45, 7) is 4.92. The average Bonchev–Trinajstić information content (AvgIpc) is 3.14. The zero-order chi connectivity index (χ0) is 40.6. The molecule has 1 N–H and O–H groups in total. The topological polar surface area (TPSA) is 91.3 Å². The van der Waals surface area contributed by atoms with E-state index in [1.165, 1.54) is 161 Å². The Morgan fingerprint density at radius 1 is 0.564 bits per heavy atom. The predicted molar refractivity (Wildman–Crippen MR) is 233 cm³/mol. The number of nitrogens with zero attached hydrogens (tertiary/aromatic N) is 1. The van der Waals surface area contributed by atoms with E-state index in [4.69, 9.17) is 18.5 Å². The molecular weight excluding hydrogens is 709 g/mol. The highest BCUT2D eigenvalue weighted by molar-refractivity contribution is 7.47. The quantitative estimate of drug-likeness (QED) is 0.0164. The van der Waals surface area contributed by atoms with E-state index in [1.807, 2.05) is 27.2 Å². The lowest BCUT2D eigenvalue weighted by Gasteiger charge is -2.24. The molecule has 8 nitrogen and oxygen atoms in total. The first kappa shape index (κ1) is 53.8. The highest BCUT2D eigenvalue weighted by atomic mass is 31.2. The van der Waals surface area contributed by atoms with Crippen LogP contribution in [0.15, 0.2) is 24.5 Å². The van der Waals surface area contributed by atoms with E-state index in [2.05, 4.69) is 26.0 Å². The number of quaternary nitrogens is 1. The van der Waals surface area contributed by atoms with Crippen LogP contribution in [0.2, 0.25) is 0 Å². The van der Waals surface area contributed by atoms with E-state index < -0.39 is 13.9 Å². The molecule has 0 saturated heterocycles. The van der Waals surface area contributed by atoms with Crippen LogP contribution in [0.4, 0.5) is 0 Å². The maximum Gasteiger partial charge on any atom is 0.472 e. The van der Waals surface area contributed by atoms with Gasteiger partial charge in [-0.2, -0.15) is 0 Å². The molecule has 0 aliphatic rings. The molecule has 0 aromatic carbocycles. The van der Waals surface area contributed by atoms with Crippen LogP contribution in [0.25, 0.3) is 0 Å². The van der Waals surface area contributed by atoms with Crippen molar-refractivity contribution < 1.29 is 37.3 Å². The molecule has 0 aromatic rings. The molecular formula is C46H91NO7P+. The summed E-state index contributed by atoms with van der Waals surface area (Å²) in [7, 11) is 1.68. The Morgan fingerprint density at radius 3 is 1.42 bits per heavy atom. The lowest BCUT2D eigenvalue weighted by molar-refractivity contribution is -0.870. The van der Waals surface area contributed by atoms with Crippen molar-refractivity contribution in [1.82, 2.24) is 0 Å². The van der Waals surface area contributed by atoms with Crippen molar-refractivity contribution in [3.8, 4) is 0 Å². The summed E-state index contributed by atoms with van der Waals surface area (Å²) in [6, 6.07) is 0. The van der Waals surface area contributed by atoms with Gasteiger partial charge in [-0.25, -0.2) is 4.57 Å². The molecule has 0 saturated carbocycles. The summed E-state index contributed by atoms with van der Waals surface area (Å²) >= 11 is 0. The molecule has 0 aliphatic heterocycles. The van der Waals surface area contributed by atoms with E-state index in [0.717, 1.165) is 32.1 Å². The fourth-order valence-electron chi connectivity index (χ4n) is 6.41. The van der Waals surface area contributed by atoms with Crippen LogP contribution in [-0.2, 0) is 27.9 Å². The zero-order valence-electron chi connectivity index (χ0n) is 36.9. The number of carbonyl (C=O) groups excluding carboxylic acids is 1. The lowest BCUT2D eigenvalue weighted by Crippen LogP contribution is -2.37. The smallest absolute Gasteiger partial charge is 0.472 e. The van der Waals surface area contributed by atoms with Crippen molar-refractivity contribution in [3.05, 3.63) is 24.5 Å². The number of unbranched alkanes of at least 4 members (excludes halogenated alkanes) is 27. The Bertz CT molecular complexity index is 936. The number of ether oxygens (including phenoxy) is 2. The maximum absolute atomic E-state index is 12.5. The van der Waals surface area contributed by atoms with Gasteiger partial charge >= 0.3 is 13.8 Å². The van der Waals surface area contributed by atoms with Gasteiger partial charge in [0.05, 0.1) is 34.0 Å². The largest absolute Gasteiger partial charge is 0.492 e. The normalized spacial score (nSPS) is 13.9. The second-order valence-electron chi connectivity index (χ2n) is 16.9. The molecule has 0 heterocycles. The number of hydrogen-bond donors (Lipinski definition) is 1. The highest BCUT2D eigenvalue weighted by Crippen LogP contribution is 2.43. The van der Waals surface area contributed by atoms with Gasteiger partial charge in [-0.05, 0) is 51.0 Å². The number of phosphoric ester groups is 1. The second-order valence-corrected chi connectivity index (χ2v) is 18.3. The van der Waals surface area contributed by atoms with Gasteiger partial charge in [0.15, 0.2) is 6.10 Å². The van der Waals surface area contributed by atoms with Crippen molar-refractivity contribution in [2.24, 2.45) is 0 Å². The number of esters is 1. The van der Waals surface area contributed by atoms with Crippen molar-refractivity contribution in [1.29, 1.82) is 0 Å². The number of rotatable bonds is 43. The minimum atomic E-state index is -4.26. The van der Waals surface area contributed by atoms with Gasteiger partial charge in [0.25, 0.3) is 0 Å². The number of hydrogen-bond acceptors (Lipinski definition) is 6. The van der Waals surface area contributed by atoms with E-state index >= 15 is 0 Å². The first-order valence-corrected chi connectivity index (χ1v) is 24.6. The van der Waals surface area contributed by atoms with Crippen molar-refractivity contribution in [2.45, 2.75) is 219 Å². The number of carbonyl (C=O) groups is 1. The number of likely N-dealkylation sites (N-methyl/N-ethyl adjacent to an activating group) is 1. The van der Waals surface area contributed by atoms with Crippen LogP contribution < -0.4 is 0 Å². The van der Waals surface area contributed by atoms with Crippen LogP contribution >= 0.6 is 7.82 Å². The van der Waals surface area contributed by atoms with Crippen LogP contribution in [-0.4, -0.2) is 69.0 Å².